The topological polar surface area (TPSA) is 68.2 Å². The van der Waals surface area contributed by atoms with Gasteiger partial charge in [0.1, 0.15) is 0 Å². The third-order valence-electron chi connectivity index (χ3n) is 1.95. The van der Waals surface area contributed by atoms with Crippen molar-refractivity contribution in [1.29, 1.82) is 0 Å². The van der Waals surface area contributed by atoms with Crippen molar-refractivity contribution in [1.82, 2.24) is 15.1 Å². The first-order valence-electron chi connectivity index (χ1n) is 4.68. The predicted molar refractivity (Wildman–Crippen MR) is 56.8 cm³/mol. The number of rotatable bonds is 4. The van der Waals surface area contributed by atoms with E-state index in [2.05, 4.69) is 15.7 Å². The molecule has 0 saturated heterocycles. The first kappa shape index (κ1) is 11.5. The number of ether oxygens (including phenoxy) is 1. The van der Waals surface area contributed by atoms with Crippen LogP contribution in [-0.4, -0.2) is 36.1 Å². The van der Waals surface area contributed by atoms with Crippen LogP contribution in [0.1, 0.15) is 5.69 Å². The summed E-state index contributed by atoms with van der Waals surface area (Å²) in [6.07, 6.45) is 0. The fraction of sp³-hybridized carbons (Fsp3) is 0.556. The number of hydrogen-bond acceptors (Lipinski definition) is 3. The molecule has 15 heavy (non-hydrogen) atoms. The average Bonchev–Trinajstić information content (AvgIpc) is 2.46. The summed E-state index contributed by atoms with van der Waals surface area (Å²) in [5.41, 5.74) is 0.988. The zero-order valence-electron chi connectivity index (χ0n) is 9.20. The smallest absolute Gasteiger partial charge is 0.320 e. The van der Waals surface area contributed by atoms with Crippen molar-refractivity contribution >= 4 is 11.8 Å². The Morgan fingerprint density at radius 1 is 1.67 bits per heavy atom. The van der Waals surface area contributed by atoms with Crippen LogP contribution in [0, 0.1) is 6.92 Å². The first-order valence-corrected chi connectivity index (χ1v) is 4.68. The van der Waals surface area contributed by atoms with E-state index in [4.69, 9.17) is 4.74 Å². The Labute approximate surface area is 88.6 Å². The molecule has 0 saturated carbocycles. The van der Waals surface area contributed by atoms with Crippen LogP contribution < -0.4 is 10.6 Å². The Hall–Kier alpha value is -1.56. The van der Waals surface area contributed by atoms with Crippen LogP contribution in [0.25, 0.3) is 0 Å². The number of urea groups is 1. The van der Waals surface area contributed by atoms with Gasteiger partial charge in [-0.15, -0.1) is 0 Å². The van der Waals surface area contributed by atoms with E-state index in [-0.39, 0.29) is 6.03 Å². The second kappa shape index (κ2) is 5.35. The van der Waals surface area contributed by atoms with E-state index in [9.17, 15) is 4.79 Å². The Bertz CT molecular complexity index is 315. The molecule has 84 valence electrons. The van der Waals surface area contributed by atoms with Crippen molar-refractivity contribution < 1.29 is 9.53 Å². The lowest BCUT2D eigenvalue weighted by molar-refractivity contribution is 0.198. The standard InChI is InChI=1S/C9H16N4O2/c1-7-6-8(12-13(7)2)11-9(14)10-4-5-15-3/h6H,4-5H2,1-3H3,(H2,10,11,12,14). The van der Waals surface area contributed by atoms with Gasteiger partial charge < -0.3 is 10.1 Å². The third kappa shape index (κ3) is 3.59. The van der Waals surface area contributed by atoms with Gasteiger partial charge in [-0.2, -0.15) is 5.10 Å². The Morgan fingerprint density at radius 2 is 2.40 bits per heavy atom. The van der Waals surface area contributed by atoms with Crippen LogP contribution in [0.5, 0.6) is 0 Å². The van der Waals surface area contributed by atoms with E-state index in [1.807, 2.05) is 14.0 Å². The summed E-state index contributed by atoms with van der Waals surface area (Å²) in [4.78, 5) is 11.3. The molecule has 0 radical (unpaired) electrons. The number of aryl methyl sites for hydroxylation is 2. The minimum Gasteiger partial charge on any atom is -0.383 e. The molecule has 6 heteroatoms. The minimum atomic E-state index is -0.273. The number of carbonyl (C=O) groups excluding carboxylic acids is 1. The molecule has 0 unspecified atom stereocenters. The highest BCUT2D eigenvalue weighted by molar-refractivity contribution is 5.88. The number of anilines is 1. The summed E-state index contributed by atoms with van der Waals surface area (Å²) in [5, 5.41) is 9.35. The maximum atomic E-state index is 11.3. The maximum Gasteiger partial charge on any atom is 0.320 e. The lowest BCUT2D eigenvalue weighted by Gasteiger charge is -2.03. The second-order valence-corrected chi connectivity index (χ2v) is 3.17. The highest BCUT2D eigenvalue weighted by Gasteiger charge is 2.04. The molecule has 0 aromatic carbocycles. The molecular weight excluding hydrogens is 196 g/mol. The Balaban J connectivity index is 2.37. The summed E-state index contributed by atoms with van der Waals surface area (Å²) in [6, 6.07) is 1.53. The van der Waals surface area contributed by atoms with E-state index >= 15 is 0 Å². The summed E-state index contributed by atoms with van der Waals surface area (Å²) in [6.45, 7) is 2.89. The van der Waals surface area contributed by atoms with Crippen LogP contribution in [0.3, 0.4) is 0 Å². The molecular formula is C9H16N4O2. The van der Waals surface area contributed by atoms with Gasteiger partial charge >= 0.3 is 6.03 Å². The van der Waals surface area contributed by atoms with Crippen molar-refractivity contribution in [2.45, 2.75) is 6.92 Å². The van der Waals surface area contributed by atoms with Gasteiger partial charge in [-0.25, -0.2) is 4.79 Å². The van der Waals surface area contributed by atoms with Crippen LogP contribution in [0.2, 0.25) is 0 Å². The number of amides is 2. The number of nitrogens with zero attached hydrogens (tertiary/aromatic N) is 2. The van der Waals surface area contributed by atoms with Crippen LogP contribution in [0.4, 0.5) is 10.6 Å². The maximum absolute atomic E-state index is 11.3. The number of carbonyl (C=O) groups is 1. The zero-order valence-corrected chi connectivity index (χ0v) is 9.20. The van der Waals surface area contributed by atoms with Crippen molar-refractivity contribution in [2.75, 3.05) is 25.6 Å². The molecule has 0 fully saturated rings. The van der Waals surface area contributed by atoms with Gasteiger partial charge in [-0.3, -0.25) is 10.00 Å². The van der Waals surface area contributed by atoms with Crippen molar-refractivity contribution in [3.05, 3.63) is 11.8 Å². The van der Waals surface area contributed by atoms with Crippen LogP contribution in [-0.2, 0) is 11.8 Å². The van der Waals surface area contributed by atoms with Gasteiger partial charge in [0.05, 0.1) is 6.61 Å². The number of methoxy groups -OCH3 is 1. The monoisotopic (exact) mass is 212 g/mol. The molecule has 0 aliphatic carbocycles. The third-order valence-corrected chi connectivity index (χ3v) is 1.95. The molecule has 0 aliphatic heterocycles. The summed E-state index contributed by atoms with van der Waals surface area (Å²) < 4.78 is 6.50. The van der Waals surface area contributed by atoms with Gasteiger partial charge in [0, 0.05) is 32.5 Å². The molecule has 6 nitrogen and oxygen atoms in total. The van der Waals surface area contributed by atoms with E-state index in [1.54, 1.807) is 17.9 Å². The van der Waals surface area contributed by atoms with Gasteiger partial charge in [0.2, 0.25) is 0 Å². The molecule has 0 bridgehead atoms. The number of nitrogens with one attached hydrogen (secondary N) is 2. The quantitative estimate of drug-likeness (QED) is 0.714. The van der Waals surface area contributed by atoms with Crippen LogP contribution >= 0.6 is 0 Å². The second-order valence-electron chi connectivity index (χ2n) is 3.17. The molecule has 1 rings (SSSR count). The predicted octanol–water partition coefficient (Wildman–Crippen LogP) is 0.496. The lowest BCUT2D eigenvalue weighted by Crippen LogP contribution is -2.31. The molecule has 0 spiro atoms. The Kier molecular flexibility index (Phi) is 4.11. The fourth-order valence-electron chi connectivity index (χ4n) is 1.05. The van der Waals surface area contributed by atoms with Crippen molar-refractivity contribution in [3.63, 3.8) is 0 Å². The van der Waals surface area contributed by atoms with E-state index in [0.717, 1.165) is 5.69 Å². The highest BCUT2D eigenvalue weighted by Crippen LogP contribution is 2.05. The fourth-order valence-corrected chi connectivity index (χ4v) is 1.05. The molecule has 1 aromatic rings. The summed E-state index contributed by atoms with van der Waals surface area (Å²) in [7, 11) is 3.41. The Morgan fingerprint density at radius 3 is 2.93 bits per heavy atom. The lowest BCUT2D eigenvalue weighted by atomic mass is 10.5. The van der Waals surface area contributed by atoms with Gasteiger partial charge in [0.25, 0.3) is 0 Å². The molecule has 0 aliphatic rings. The summed E-state index contributed by atoms with van der Waals surface area (Å²) >= 11 is 0. The largest absolute Gasteiger partial charge is 0.383 e. The van der Waals surface area contributed by atoms with E-state index < -0.39 is 0 Å². The van der Waals surface area contributed by atoms with Gasteiger partial charge in [0.15, 0.2) is 5.82 Å². The molecule has 1 aromatic heterocycles. The molecule has 2 amide bonds. The van der Waals surface area contributed by atoms with Crippen molar-refractivity contribution in [2.24, 2.45) is 7.05 Å². The SMILES string of the molecule is COCCNC(=O)Nc1cc(C)n(C)n1. The molecule has 0 atom stereocenters. The molecule has 1 heterocycles. The first-order chi connectivity index (χ1) is 7.13. The normalized spacial score (nSPS) is 10.1. The number of hydrogen-bond donors (Lipinski definition) is 2. The van der Waals surface area contributed by atoms with Crippen molar-refractivity contribution in [3.8, 4) is 0 Å². The zero-order chi connectivity index (χ0) is 11.3. The average molecular weight is 212 g/mol. The van der Waals surface area contributed by atoms with Gasteiger partial charge in [-0.1, -0.05) is 0 Å². The number of aromatic nitrogens is 2. The molecule has 2 N–H and O–H groups in total. The van der Waals surface area contributed by atoms with Crippen LogP contribution in [0.15, 0.2) is 6.07 Å². The van der Waals surface area contributed by atoms with E-state index in [0.29, 0.717) is 19.0 Å². The highest BCUT2D eigenvalue weighted by atomic mass is 16.5. The minimum absolute atomic E-state index is 0.273. The van der Waals surface area contributed by atoms with Gasteiger partial charge in [-0.05, 0) is 6.92 Å². The van der Waals surface area contributed by atoms with E-state index in [1.165, 1.54) is 0 Å². The summed E-state index contributed by atoms with van der Waals surface area (Å²) in [5.74, 6) is 0.546.